The third-order valence-electron chi connectivity index (χ3n) is 5.25. The normalized spacial score (nSPS) is 18.6. The zero-order chi connectivity index (χ0) is 21.4. The van der Waals surface area contributed by atoms with Gasteiger partial charge in [0.25, 0.3) is 0 Å². The van der Waals surface area contributed by atoms with Gasteiger partial charge in [-0.05, 0) is 50.9 Å². The van der Waals surface area contributed by atoms with E-state index in [-0.39, 0.29) is 23.8 Å². The Bertz CT molecular complexity index is 1080. The number of hydrogen-bond donors (Lipinski definition) is 1. The lowest BCUT2D eigenvalue weighted by molar-refractivity contribution is -0.150. The molecule has 1 aliphatic rings. The summed E-state index contributed by atoms with van der Waals surface area (Å²) >= 11 is 13.8. The smallest absolute Gasteiger partial charge is 0.310 e. The fraction of sp³-hybridized carbons (Fsp3) is 0.450. The van der Waals surface area contributed by atoms with E-state index >= 15 is 0 Å². The third-order valence-corrected chi connectivity index (χ3v) is 7.06. The van der Waals surface area contributed by atoms with Gasteiger partial charge in [0.15, 0.2) is 0 Å². The predicted octanol–water partition coefficient (Wildman–Crippen LogP) is 4.48. The lowest BCUT2D eigenvalue weighted by Crippen LogP contribution is -2.41. The van der Waals surface area contributed by atoms with Crippen molar-refractivity contribution in [2.45, 2.75) is 32.7 Å². The molecule has 1 aromatic carbocycles. The molecular weight excluding hydrogens is 447 g/mol. The molecule has 0 bridgehead atoms. The Kier molecular flexibility index (Phi) is 6.20. The number of carbonyl (C=O) groups excluding carboxylic acids is 1. The molecule has 1 saturated heterocycles. The van der Waals surface area contributed by atoms with Gasteiger partial charge in [-0.2, -0.15) is 4.52 Å². The van der Waals surface area contributed by atoms with Crippen LogP contribution in [0.4, 0.5) is 0 Å². The summed E-state index contributed by atoms with van der Waals surface area (Å²) < 4.78 is 6.70. The molecule has 0 spiro atoms. The van der Waals surface area contributed by atoms with E-state index in [1.807, 2.05) is 19.1 Å². The minimum absolute atomic E-state index is 0.0462. The van der Waals surface area contributed by atoms with Crippen molar-refractivity contribution in [3.8, 4) is 5.88 Å². The second-order valence-corrected chi connectivity index (χ2v) is 9.13. The number of piperidine rings is 1. The maximum absolute atomic E-state index is 12.4. The quantitative estimate of drug-likeness (QED) is 0.556. The Labute approximate surface area is 188 Å². The van der Waals surface area contributed by atoms with Crippen molar-refractivity contribution in [2.75, 3.05) is 19.7 Å². The number of aromatic nitrogens is 3. The van der Waals surface area contributed by atoms with Crippen LogP contribution < -0.4 is 0 Å². The van der Waals surface area contributed by atoms with Gasteiger partial charge in [0.05, 0.1) is 33.5 Å². The van der Waals surface area contributed by atoms with E-state index in [0.29, 0.717) is 38.9 Å². The molecule has 0 aliphatic carbocycles. The molecule has 3 aromatic rings. The molecule has 2 aromatic heterocycles. The number of aryl methyl sites for hydroxylation is 1. The number of benzene rings is 1. The largest absolute Gasteiger partial charge is 0.492 e. The van der Waals surface area contributed by atoms with Crippen molar-refractivity contribution in [3.63, 3.8) is 0 Å². The summed E-state index contributed by atoms with van der Waals surface area (Å²) in [5.41, 5.74) is 0.880. The van der Waals surface area contributed by atoms with E-state index in [4.69, 9.17) is 27.9 Å². The van der Waals surface area contributed by atoms with E-state index < -0.39 is 0 Å². The lowest BCUT2D eigenvalue weighted by Gasteiger charge is -2.37. The second-order valence-electron chi connectivity index (χ2n) is 7.31. The monoisotopic (exact) mass is 468 g/mol. The van der Waals surface area contributed by atoms with Crippen LogP contribution in [0.2, 0.25) is 10.0 Å². The van der Waals surface area contributed by atoms with Crippen LogP contribution in [0.3, 0.4) is 0 Å². The number of rotatable bonds is 5. The van der Waals surface area contributed by atoms with Crippen molar-refractivity contribution in [1.29, 1.82) is 0 Å². The van der Waals surface area contributed by atoms with Gasteiger partial charge in [-0.1, -0.05) is 40.6 Å². The zero-order valence-electron chi connectivity index (χ0n) is 16.6. The van der Waals surface area contributed by atoms with Crippen LogP contribution in [-0.2, 0) is 9.53 Å². The summed E-state index contributed by atoms with van der Waals surface area (Å²) in [6, 6.07) is 5.14. The summed E-state index contributed by atoms with van der Waals surface area (Å²) in [5.74, 6) is 0.243. The summed E-state index contributed by atoms with van der Waals surface area (Å²) in [5, 5.41) is 16.1. The fourth-order valence-corrected chi connectivity index (χ4v) is 5.40. The summed E-state index contributed by atoms with van der Waals surface area (Å²) in [7, 11) is 0. The van der Waals surface area contributed by atoms with Gasteiger partial charge < -0.3 is 9.84 Å². The van der Waals surface area contributed by atoms with Gasteiger partial charge in [0.1, 0.15) is 5.82 Å². The van der Waals surface area contributed by atoms with Gasteiger partial charge >= 0.3 is 5.97 Å². The highest BCUT2D eigenvalue weighted by Crippen LogP contribution is 2.42. The molecule has 2 atom stereocenters. The average molecular weight is 469 g/mol. The van der Waals surface area contributed by atoms with Crippen molar-refractivity contribution in [1.82, 2.24) is 19.5 Å². The first-order chi connectivity index (χ1) is 14.4. The van der Waals surface area contributed by atoms with Gasteiger partial charge in [0.2, 0.25) is 10.8 Å². The molecule has 10 heteroatoms. The molecule has 160 valence electrons. The molecular formula is C20H22Cl2N4O3S. The Morgan fingerprint density at radius 1 is 1.40 bits per heavy atom. The number of esters is 1. The summed E-state index contributed by atoms with van der Waals surface area (Å²) in [4.78, 5) is 20.3. The Morgan fingerprint density at radius 3 is 2.90 bits per heavy atom. The van der Waals surface area contributed by atoms with Crippen LogP contribution in [0.5, 0.6) is 5.88 Å². The Balaban J connectivity index is 1.77. The second kappa shape index (κ2) is 8.70. The molecule has 2 unspecified atom stereocenters. The zero-order valence-corrected chi connectivity index (χ0v) is 19.0. The van der Waals surface area contributed by atoms with E-state index in [2.05, 4.69) is 15.0 Å². The molecule has 1 N–H and O–H groups in total. The molecule has 0 radical (unpaired) electrons. The lowest BCUT2D eigenvalue weighted by atomic mass is 9.94. The van der Waals surface area contributed by atoms with E-state index in [0.717, 1.165) is 24.9 Å². The van der Waals surface area contributed by atoms with Crippen LogP contribution in [0.25, 0.3) is 4.96 Å². The maximum Gasteiger partial charge on any atom is 0.310 e. The first kappa shape index (κ1) is 21.4. The molecule has 3 heterocycles. The molecule has 4 rings (SSSR count). The molecule has 0 amide bonds. The van der Waals surface area contributed by atoms with Crippen molar-refractivity contribution >= 4 is 45.5 Å². The summed E-state index contributed by atoms with van der Waals surface area (Å²) in [6.07, 6.45) is 1.63. The van der Waals surface area contributed by atoms with Gasteiger partial charge in [-0.3, -0.25) is 9.69 Å². The molecule has 0 saturated carbocycles. The summed E-state index contributed by atoms with van der Waals surface area (Å²) in [6.45, 7) is 5.25. The minimum atomic E-state index is -0.314. The topological polar surface area (TPSA) is 80.0 Å². The number of likely N-dealkylation sites (tertiary alicyclic amines) is 1. The molecule has 30 heavy (non-hydrogen) atoms. The first-order valence-corrected chi connectivity index (χ1v) is 11.4. The highest BCUT2D eigenvalue weighted by Gasteiger charge is 2.35. The number of thiazole rings is 1. The number of halogens is 2. The molecule has 1 fully saturated rings. The van der Waals surface area contributed by atoms with Crippen LogP contribution >= 0.6 is 34.5 Å². The van der Waals surface area contributed by atoms with E-state index in [9.17, 15) is 9.90 Å². The maximum atomic E-state index is 12.4. The van der Waals surface area contributed by atoms with Crippen LogP contribution in [-0.4, -0.2) is 50.3 Å². The fourth-order valence-electron chi connectivity index (χ4n) is 3.93. The Morgan fingerprint density at radius 2 is 2.20 bits per heavy atom. The van der Waals surface area contributed by atoms with Crippen molar-refractivity contribution in [2.24, 2.45) is 5.92 Å². The number of ether oxygens (including phenoxy) is 1. The molecule has 7 nitrogen and oxygen atoms in total. The van der Waals surface area contributed by atoms with Crippen LogP contribution in [0, 0.1) is 12.8 Å². The Hall–Kier alpha value is -1.87. The van der Waals surface area contributed by atoms with E-state index in [1.165, 1.54) is 15.9 Å². The van der Waals surface area contributed by atoms with Gasteiger partial charge in [-0.25, -0.2) is 4.98 Å². The highest BCUT2D eigenvalue weighted by molar-refractivity contribution is 7.17. The number of hydrogen-bond acceptors (Lipinski definition) is 7. The third kappa shape index (κ3) is 4.01. The van der Waals surface area contributed by atoms with Crippen LogP contribution in [0.1, 0.15) is 42.1 Å². The SMILES string of the molecule is CCOC(=O)C1CCCN(C(c2ccc(Cl)c(Cl)c2)c2sc3nc(C)nn3c2O)C1. The minimum Gasteiger partial charge on any atom is -0.492 e. The van der Waals surface area contributed by atoms with Gasteiger partial charge in [-0.15, -0.1) is 5.10 Å². The average Bonchev–Trinajstić information content (AvgIpc) is 3.23. The number of aromatic hydroxyl groups is 1. The molecule has 1 aliphatic heterocycles. The van der Waals surface area contributed by atoms with E-state index in [1.54, 1.807) is 13.0 Å². The number of fused-ring (bicyclic) bond motifs is 1. The van der Waals surface area contributed by atoms with Gasteiger partial charge in [0, 0.05) is 6.54 Å². The van der Waals surface area contributed by atoms with Crippen LogP contribution in [0.15, 0.2) is 18.2 Å². The number of carbonyl (C=O) groups is 1. The predicted molar refractivity (Wildman–Crippen MR) is 117 cm³/mol. The first-order valence-electron chi connectivity index (χ1n) is 9.79. The van der Waals surface area contributed by atoms with Crippen molar-refractivity contribution < 1.29 is 14.6 Å². The standard InChI is InChI=1S/C20H22Cl2N4O3S/c1-3-29-19(28)13-5-4-8-25(10-13)16(12-6-7-14(21)15(22)9-12)17-18(27)26-20(30-17)23-11(2)24-26/h6-7,9,13,16,27H,3-5,8,10H2,1-2H3. The highest BCUT2D eigenvalue weighted by atomic mass is 35.5. The number of nitrogens with zero attached hydrogens (tertiary/aromatic N) is 4. The van der Waals surface area contributed by atoms with Crippen molar-refractivity contribution in [3.05, 3.63) is 44.5 Å².